The molecule has 28 rings (SSSR count). The van der Waals surface area contributed by atoms with E-state index < -0.39 is 0 Å². The van der Waals surface area contributed by atoms with Gasteiger partial charge in [-0.05, 0) is 394 Å². The minimum atomic E-state index is 0.837. The second-order valence-electron chi connectivity index (χ2n) is 44.3. The highest BCUT2D eigenvalue weighted by molar-refractivity contribution is 5.86. The van der Waals surface area contributed by atoms with E-state index in [9.17, 15) is 0 Å². The summed E-state index contributed by atoms with van der Waals surface area (Å²) in [5, 5.41) is 8.33. The van der Waals surface area contributed by atoms with E-state index in [-0.39, 0.29) is 0 Å². The van der Waals surface area contributed by atoms with E-state index in [1.165, 1.54) is 250 Å². The predicted octanol–water partition coefficient (Wildman–Crippen LogP) is 35.1. The average molecular weight is 1790 g/mol. The molecule has 0 aliphatic heterocycles. The fraction of sp³-hybridized carbons (Fsp3) is 0.328. The zero-order valence-corrected chi connectivity index (χ0v) is 81.2. The zero-order chi connectivity index (χ0) is 91.9. The van der Waals surface area contributed by atoms with Crippen molar-refractivity contribution in [1.82, 2.24) is 0 Å². The quantitative estimate of drug-likeness (QED) is 0.0751. The molecule has 14 aromatic carbocycles. The van der Waals surface area contributed by atoms with Gasteiger partial charge < -0.3 is 0 Å². The highest BCUT2D eigenvalue weighted by Crippen LogP contribution is 2.53. The first-order chi connectivity index (χ1) is 67.4. The van der Waals surface area contributed by atoms with Crippen molar-refractivity contribution in [2.75, 3.05) is 0 Å². The summed E-state index contributed by atoms with van der Waals surface area (Å²) < 4.78 is 0. The standard InChI is InChI=1S/C21H22.3C20H20.2C19H20.C18H18/c1-15-5-2-3-8-21(15)19-7-4-6-16(12-19)13-20-14-17-9-10-18(20)11-17;1-2-6-17(7-3-1)18-8-4-5-15(11-18)13-20-14-16-9-10-19(20)12-16;1-2-6-16(7-3-1)20-9-5-4-8-18(20)14-19-13-15-10-11-17(19)12-15;1-2-4-17(5-3-1)18-9-6-15(7-10-18)12-20-14-16-8-11-19(20)13-16;1-13-2-5-16-6-3-15(10-18(16)8-13)12-19-11-14-4-7-17(19)9-14;1-13-16-8-9-18(12-16)19(13)11-14-6-7-15-4-2-3-5-17(15)10-14;1-2-7-18-14(4-1)5-3-6-16(18)12-17-11-13-8-9-15(17)10-13/h2-10,12,17-18,20H,11,13-14H2,1H3;1-11,16,19-20H,12-14H2;1-11,15,17,19H,12-14H2;1-11,16,19-20H,12-14H2;2-8,10,14,17,19H,9,11-12H2,1H3;2-10,13,16,18-19H,11-12H2,1H3;1-9,13,15,17H,10-12H2. The molecule has 14 bridgehead atoms. The van der Waals surface area contributed by atoms with Gasteiger partial charge in [0.15, 0.2) is 0 Å². The molecule has 22 unspecified atom stereocenters. The second-order valence-corrected chi connectivity index (χ2v) is 44.3. The van der Waals surface area contributed by atoms with Crippen molar-refractivity contribution >= 4 is 32.3 Å². The third-order valence-corrected chi connectivity index (χ3v) is 35.3. The van der Waals surface area contributed by atoms with Crippen LogP contribution in [-0.4, -0.2) is 0 Å². The summed E-state index contributed by atoms with van der Waals surface area (Å²) in [6, 6.07) is 122. The van der Waals surface area contributed by atoms with Crippen molar-refractivity contribution in [3.05, 3.63) is 469 Å². The summed E-state index contributed by atoms with van der Waals surface area (Å²) in [7, 11) is 0. The van der Waals surface area contributed by atoms with Crippen molar-refractivity contribution in [2.24, 2.45) is 130 Å². The van der Waals surface area contributed by atoms with Gasteiger partial charge in [0.05, 0.1) is 0 Å². The van der Waals surface area contributed by atoms with Crippen LogP contribution in [0.4, 0.5) is 0 Å². The second kappa shape index (κ2) is 41.8. The molecule has 0 aromatic heterocycles. The Morgan fingerprint density at radius 3 is 1.07 bits per heavy atom. The van der Waals surface area contributed by atoms with Gasteiger partial charge in [0.25, 0.3) is 0 Å². The summed E-state index contributed by atoms with van der Waals surface area (Å²) in [4.78, 5) is 0. The van der Waals surface area contributed by atoms with Crippen LogP contribution < -0.4 is 0 Å². The summed E-state index contributed by atoms with van der Waals surface area (Å²) >= 11 is 0. The third-order valence-electron chi connectivity index (χ3n) is 35.3. The fourth-order valence-corrected chi connectivity index (χ4v) is 28.0. The molecule has 0 heterocycles. The highest BCUT2D eigenvalue weighted by atomic mass is 14.5. The molecule has 0 N–H and O–H groups in total. The molecule has 0 saturated heterocycles. The molecule has 0 amide bonds. The van der Waals surface area contributed by atoms with Crippen LogP contribution in [0.3, 0.4) is 0 Å². The average Bonchev–Trinajstić information content (AvgIpc) is 1.64. The van der Waals surface area contributed by atoms with Crippen molar-refractivity contribution in [3.63, 3.8) is 0 Å². The molecule has 0 nitrogen and oxygen atoms in total. The van der Waals surface area contributed by atoms with E-state index in [1.807, 2.05) is 0 Å². The van der Waals surface area contributed by atoms with Crippen LogP contribution in [0.1, 0.15) is 140 Å². The molecule has 688 valence electrons. The van der Waals surface area contributed by atoms with Crippen LogP contribution in [0.2, 0.25) is 0 Å². The number of benzene rings is 14. The van der Waals surface area contributed by atoms with E-state index in [0.717, 1.165) is 130 Å². The Kier molecular flexibility index (Phi) is 27.5. The van der Waals surface area contributed by atoms with Crippen LogP contribution in [0, 0.1) is 144 Å². The van der Waals surface area contributed by atoms with Crippen LogP contribution in [0.25, 0.3) is 76.8 Å². The molecule has 14 aromatic rings. The molecule has 22 atom stereocenters. The maximum atomic E-state index is 2.47. The fourth-order valence-electron chi connectivity index (χ4n) is 28.0. The summed E-state index contributed by atoms with van der Waals surface area (Å²) in [6.07, 6.45) is 61.3. The molecule has 14 aliphatic carbocycles. The zero-order valence-electron chi connectivity index (χ0n) is 81.2. The Hall–Kier alpha value is -12.0. The highest BCUT2D eigenvalue weighted by Gasteiger charge is 2.43. The minimum Gasteiger partial charge on any atom is -0.0851 e. The maximum absolute atomic E-state index is 2.47. The lowest BCUT2D eigenvalue weighted by Gasteiger charge is -2.25. The molecule has 14 aliphatic rings. The molecular formula is C137H140. The Morgan fingerprint density at radius 1 is 0.197 bits per heavy atom. The minimum absolute atomic E-state index is 0.837. The van der Waals surface area contributed by atoms with Crippen molar-refractivity contribution < 1.29 is 0 Å². The molecule has 7 fully saturated rings. The van der Waals surface area contributed by atoms with Crippen molar-refractivity contribution in [2.45, 2.75) is 149 Å². The van der Waals surface area contributed by atoms with E-state index >= 15 is 0 Å². The molecule has 137 heavy (non-hydrogen) atoms. The van der Waals surface area contributed by atoms with Crippen molar-refractivity contribution in [3.8, 4) is 44.5 Å². The lowest BCUT2D eigenvalue weighted by molar-refractivity contribution is 0.333. The third kappa shape index (κ3) is 21.4. The van der Waals surface area contributed by atoms with Gasteiger partial charge >= 0.3 is 0 Å². The SMILES string of the molecule is C1=CC2CC1CC2Cc1ccc(-c2ccccc2)cc1.C1=CC2CC1CC2Cc1cccc(-c2ccccc2)c1.C1=CC2CC1CC2Cc1cccc2ccccc12.C1=CC2CC1CC2Cc1ccccc1-c1ccccc1.CC1C2C=CC(C2)C1Cc1ccc2ccccc2c1.Cc1ccc2ccc(CC3CC4C=CC3C4)cc2c1.Cc1ccccc1-c1cccc(CC2CC3C=CC2C3)c1. The topological polar surface area (TPSA) is 0 Å². The largest absolute Gasteiger partial charge is 0.0851 e. The number of hydrogen-bond donors (Lipinski definition) is 0. The van der Waals surface area contributed by atoms with E-state index in [2.05, 4.69) is 439 Å². The molecule has 0 radical (unpaired) electrons. The molecule has 0 spiro atoms. The smallest absolute Gasteiger partial charge is 0.0152 e. The van der Waals surface area contributed by atoms with Gasteiger partial charge in [0, 0.05) is 0 Å². The Bertz CT molecular complexity index is 6700. The monoisotopic (exact) mass is 1790 g/mol. The van der Waals surface area contributed by atoms with Gasteiger partial charge in [-0.2, -0.15) is 0 Å². The van der Waals surface area contributed by atoms with E-state index in [1.54, 1.807) is 5.56 Å². The number of rotatable bonds is 18. The Labute approximate surface area is 819 Å². The first-order valence-electron chi connectivity index (χ1n) is 53.2. The number of fused-ring (bicyclic) bond motifs is 17. The van der Waals surface area contributed by atoms with Gasteiger partial charge in [-0.1, -0.05) is 431 Å². The lowest BCUT2D eigenvalue weighted by atomic mass is 9.80. The summed E-state index contributed by atoms with van der Waals surface area (Å²) in [5.41, 5.74) is 24.1. The van der Waals surface area contributed by atoms with Crippen LogP contribution in [0.15, 0.2) is 419 Å². The number of allylic oxidation sites excluding steroid dienone is 14. The van der Waals surface area contributed by atoms with Gasteiger partial charge in [0.2, 0.25) is 0 Å². The first kappa shape index (κ1) is 90.2. The predicted molar refractivity (Wildman–Crippen MR) is 581 cm³/mol. The Balaban J connectivity index is 0.0000000925. The van der Waals surface area contributed by atoms with Crippen molar-refractivity contribution in [1.29, 1.82) is 0 Å². The number of hydrogen-bond acceptors (Lipinski definition) is 0. The molecular weight excluding hydrogens is 1650 g/mol. The Morgan fingerprint density at radius 2 is 0.555 bits per heavy atom. The summed E-state index contributed by atoms with van der Waals surface area (Å²) in [6.45, 7) is 6.81. The number of aryl methyl sites for hydroxylation is 2. The van der Waals surface area contributed by atoms with Crippen LogP contribution >= 0.6 is 0 Å². The van der Waals surface area contributed by atoms with Gasteiger partial charge in [0.1, 0.15) is 0 Å². The molecule has 0 heteroatoms. The van der Waals surface area contributed by atoms with Crippen LogP contribution in [0.5, 0.6) is 0 Å². The van der Waals surface area contributed by atoms with Gasteiger partial charge in [-0.25, -0.2) is 0 Å². The van der Waals surface area contributed by atoms with Gasteiger partial charge in [-0.3, -0.25) is 0 Å². The molecule has 7 saturated carbocycles. The lowest BCUT2D eigenvalue weighted by Crippen LogP contribution is -2.19. The maximum Gasteiger partial charge on any atom is -0.0152 e. The van der Waals surface area contributed by atoms with E-state index in [0.29, 0.717) is 0 Å². The first-order valence-corrected chi connectivity index (χ1v) is 53.2. The van der Waals surface area contributed by atoms with Gasteiger partial charge in [-0.15, -0.1) is 0 Å². The summed E-state index contributed by atoms with van der Waals surface area (Å²) in [5.74, 6) is 19.0. The van der Waals surface area contributed by atoms with E-state index in [4.69, 9.17) is 0 Å². The van der Waals surface area contributed by atoms with Crippen LogP contribution in [-0.2, 0) is 44.9 Å². The normalized spacial score (nSPS) is 28.2.